The molecule has 0 saturated carbocycles. The molecule has 0 unspecified atom stereocenters. The molecule has 0 bridgehead atoms. The highest BCUT2D eigenvalue weighted by Gasteiger charge is 2.27. The summed E-state index contributed by atoms with van der Waals surface area (Å²) < 4.78 is 53.1. The van der Waals surface area contributed by atoms with Gasteiger partial charge in [0.2, 0.25) is 5.91 Å². The molecular weight excluding hydrogens is 280 g/mol. The van der Waals surface area contributed by atoms with E-state index in [-0.39, 0.29) is 18.7 Å². The fourth-order valence-corrected chi connectivity index (χ4v) is 1.35. The molecule has 0 aliphatic heterocycles. The molecule has 0 radical (unpaired) electrons. The minimum absolute atomic E-state index is 0.0528. The van der Waals surface area contributed by atoms with Gasteiger partial charge in [0, 0.05) is 6.54 Å². The molecule has 0 saturated heterocycles. The average Bonchev–Trinajstić information content (AvgIpc) is 2.36. The highest BCUT2D eigenvalue weighted by Crippen LogP contribution is 2.16. The van der Waals surface area contributed by atoms with Gasteiger partial charge in [-0.2, -0.15) is 13.2 Å². The number of nitrogens with two attached hydrogens (primary N) is 1. The Balaban J connectivity index is 2.39. The summed E-state index contributed by atoms with van der Waals surface area (Å²) in [6.45, 7) is -1.65. The van der Waals surface area contributed by atoms with E-state index in [9.17, 15) is 22.4 Å². The van der Waals surface area contributed by atoms with Crippen LogP contribution < -0.4 is 11.1 Å². The highest BCUT2D eigenvalue weighted by molar-refractivity contribution is 5.90. The van der Waals surface area contributed by atoms with Crippen LogP contribution in [-0.4, -0.2) is 25.3 Å². The molecule has 1 rings (SSSR count). The highest BCUT2D eigenvalue weighted by atomic mass is 19.4. The van der Waals surface area contributed by atoms with E-state index in [1.807, 2.05) is 0 Å². The van der Waals surface area contributed by atoms with Gasteiger partial charge >= 0.3 is 6.18 Å². The molecule has 0 heterocycles. The maximum Gasteiger partial charge on any atom is 0.411 e. The predicted molar refractivity (Wildman–Crippen MR) is 64.4 cm³/mol. The van der Waals surface area contributed by atoms with Crippen molar-refractivity contribution in [3.05, 3.63) is 29.6 Å². The van der Waals surface area contributed by atoms with Gasteiger partial charge in [0.05, 0.1) is 18.7 Å². The second kappa shape index (κ2) is 7.20. The minimum Gasteiger partial charge on any atom is -0.372 e. The van der Waals surface area contributed by atoms with Crippen molar-refractivity contribution in [1.82, 2.24) is 0 Å². The van der Waals surface area contributed by atoms with E-state index in [0.717, 1.165) is 0 Å². The summed E-state index contributed by atoms with van der Waals surface area (Å²) in [5, 5.41) is 2.24. The number of amides is 1. The topological polar surface area (TPSA) is 64.3 Å². The SMILES string of the molecule is NCc1ccc(NC(=O)CCOCC(F)(F)F)c(F)c1. The summed E-state index contributed by atoms with van der Waals surface area (Å²) >= 11 is 0. The zero-order chi connectivity index (χ0) is 15.2. The maximum atomic E-state index is 13.5. The van der Waals surface area contributed by atoms with Gasteiger partial charge < -0.3 is 15.8 Å². The van der Waals surface area contributed by atoms with Crippen LogP contribution in [0, 0.1) is 5.82 Å². The number of hydrogen-bond donors (Lipinski definition) is 2. The summed E-state index contributed by atoms with van der Waals surface area (Å²) in [5.74, 6) is -1.29. The molecule has 20 heavy (non-hydrogen) atoms. The van der Waals surface area contributed by atoms with Crippen molar-refractivity contribution < 1.29 is 27.1 Å². The van der Waals surface area contributed by atoms with Gasteiger partial charge in [-0.1, -0.05) is 6.07 Å². The number of alkyl halides is 3. The zero-order valence-corrected chi connectivity index (χ0v) is 10.5. The predicted octanol–water partition coefficient (Wildman–Crippen LogP) is 2.19. The Kier molecular flexibility index (Phi) is 5.90. The van der Waals surface area contributed by atoms with Crippen molar-refractivity contribution in [2.45, 2.75) is 19.1 Å². The van der Waals surface area contributed by atoms with Crippen LogP contribution in [0.25, 0.3) is 0 Å². The molecule has 0 aliphatic carbocycles. The number of carbonyl (C=O) groups is 1. The van der Waals surface area contributed by atoms with E-state index in [4.69, 9.17) is 5.73 Å². The van der Waals surface area contributed by atoms with Crippen LogP contribution in [0.4, 0.5) is 23.2 Å². The molecule has 0 fully saturated rings. The molecule has 3 N–H and O–H groups in total. The number of rotatable bonds is 6. The quantitative estimate of drug-likeness (QED) is 0.624. The van der Waals surface area contributed by atoms with Gasteiger partial charge in [-0.05, 0) is 17.7 Å². The smallest absolute Gasteiger partial charge is 0.372 e. The van der Waals surface area contributed by atoms with E-state index < -0.39 is 31.1 Å². The third-order valence-corrected chi connectivity index (χ3v) is 2.28. The molecule has 0 aliphatic rings. The summed E-state index contributed by atoms with van der Waals surface area (Å²) in [6.07, 6.45) is -4.73. The molecule has 8 heteroatoms. The van der Waals surface area contributed by atoms with Crippen LogP contribution in [-0.2, 0) is 16.1 Å². The lowest BCUT2D eigenvalue weighted by Gasteiger charge is -2.09. The molecule has 0 aromatic heterocycles. The van der Waals surface area contributed by atoms with Crippen molar-refractivity contribution >= 4 is 11.6 Å². The number of benzene rings is 1. The lowest BCUT2D eigenvalue weighted by molar-refractivity contribution is -0.174. The second-order valence-corrected chi connectivity index (χ2v) is 3.98. The Morgan fingerprint density at radius 1 is 1.35 bits per heavy atom. The molecule has 1 aromatic carbocycles. The van der Waals surface area contributed by atoms with Crippen LogP contribution in [0.5, 0.6) is 0 Å². The summed E-state index contributed by atoms with van der Waals surface area (Å²) in [6, 6.07) is 4.06. The van der Waals surface area contributed by atoms with Crippen LogP contribution in [0.3, 0.4) is 0 Å². The lowest BCUT2D eigenvalue weighted by atomic mass is 10.2. The van der Waals surface area contributed by atoms with Gasteiger partial charge in [0.15, 0.2) is 0 Å². The largest absolute Gasteiger partial charge is 0.411 e. The molecule has 1 amide bonds. The van der Waals surface area contributed by atoms with Gasteiger partial charge in [-0.15, -0.1) is 0 Å². The number of anilines is 1. The first-order chi connectivity index (χ1) is 9.31. The van der Waals surface area contributed by atoms with Crippen molar-refractivity contribution in [2.24, 2.45) is 5.73 Å². The number of nitrogens with one attached hydrogen (secondary N) is 1. The first-order valence-electron chi connectivity index (χ1n) is 5.74. The first-order valence-corrected chi connectivity index (χ1v) is 5.74. The Morgan fingerprint density at radius 3 is 2.60 bits per heavy atom. The van der Waals surface area contributed by atoms with Gasteiger partial charge in [0.25, 0.3) is 0 Å². The lowest BCUT2D eigenvalue weighted by Crippen LogP contribution is -2.20. The van der Waals surface area contributed by atoms with Crippen molar-refractivity contribution in [3.63, 3.8) is 0 Å². The average molecular weight is 294 g/mol. The summed E-state index contributed by atoms with van der Waals surface area (Å²) in [7, 11) is 0. The number of hydrogen-bond acceptors (Lipinski definition) is 3. The molecule has 0 atom stereocenters. The van der Waals surface area contributed by atoms with Crippen LogP contribution in [0.1, 0.15) is 12.0 Å². The fraction of sp³-hybridized carbons (Fsp3) is 0.417. The number of ether oxygens (including phenoxy) is 1. The normalized spacial score (nSPS) is 11.4. The summed E-state index contributed by atoms with van der Waals surface area (Å²) in [5.41, 5.74) is 5.83. The molecule has 0 spiro atoms. The van der Waals surface area contributed by atoms with Crippen LogP contribution in [0.2, 0.25) is 0 Å². The fourth-order valence-electron chi connectivity index (χ4n) is 1.35. The Labute approximate surface area is 112 Å². The number of halogens is 4. The third kappa shape index (κ3) is 5.98. The van der Waals surface area contributed by atoms with Gasteiger partial charge in [-0.3, -0.25) is 4.79 Å². The Bertz CT molecular complexity index is 463. The van der Waals surface area contributed by atoms with Crippen molar-refractivity contribution in [2.75, 3.05) is 18.5 Å². The molecule has 1 aromatic rings. The monoisotopic (exact) mass is 294 g/mol. The second-order valence-electron chi connectivity index (χ2n) is 3.98. The standard InChI is InChI=1S/C12H14F4N2O2/c13-9-5-8(6-17)1-2-10(9)18-11(19)3-4-20-7-12(14,15)16/h1-2,5H,3-4,6-7,17H2,(H,18,19). The number of carbonyl (C=O) groups excluding carboxylic acids is 1. The first kappa shape index (κ1) is 16.4. The van der Waals surface area contributed by atoms with E-state index in [0.29, 0.717) is 5.56 Å². The van der Waals surface area contributed by atoms with Gasteiger partial charge in [-0.25, -0.2) is 4.39 Å². The maximum absolute atomic E-state index is 13.5. The van der Waals surface area contributed by atoms with Crippen molar-refractivity contribution in [1.29, 1.82) is 0 Å². The van der Waals surface area contributed by atoms with Crippen LogP contribution >= 0.6 is 0 Å². The van der Waals surface area contributed by atoms with Gasteiger partial charge in [0.1, 0.15) is 12.4 Å². The van der Waals surface area contributed by atoms with Crippen LogP contribution in [0.15, 0.2) is 18.2 Å². The zero-order valence-electron chi connectivity index (χ0n) is 10.5. The Hall–Kier alpha value is -1.67. The van der Waals surface area contributed by atoms with E-state index in [1.165, 1.54) is 12.1 Å². The van der Waals surface area contributed by atoms with E-state index in [1.54, 1.807) is 6.07 Å². The third-order valence-electron chi connectivity index (χ3n) is 2.28. The van der Waals surface area contributed by atoms with E-state index >= 15 is 0 Å². The Morgan fingerprint density at radius 2 is 2.05 bits per heavy atom. The molecular formula is C12H14F4N2O2. The molecule has 4 nitrogen and oxygen atoms in total. The van der Waals surface area contributed by atoms with E-state index in [2.05, 4.69) is 10.1 Å². The summed E-state index contributed by atoms with van der Waals surface area (Å²) in [4.78, 5) is 11.4. The molecule has 112 valence electrons. The van der Waals surface area contributed by atoms with Crippen molar-refractivity contribution in [3.8, 4) is 0 Å². The minimum atomic E-state index is -4.43.